The van der Waals surface area contributed by atoms with Crippen LogP contribution in [0.2, 0.25) is 0 Å². The van der Waals surface area contributed by atoms with Crippen LogP contribution in [0.15, 0.2) is 18.2 Å². The summed E-state index contributed by atoms with van der Waals surface area (Å²) in [5, 5.41) is 27.2. The molecule has 1 aliphatic rings. The molecule has 1 aromatic rings. The first kappa shape index (κ1) is 9.30. The second kappa shape index (κ2) is 3.48. The highest BCUT2D eigenvalue weighted by atomic mass is 16.7. The van der Waals surface area contributed by atoms with Crippen molar-refractivity contribution in [1.29, 1.82) is 0 Å². The van der Waals surface area contributed by atoms with Crippen LogP contribution in [0.5, 0.6) is 11.5 Å². The number of epoxide rings is 1. The zero-order valence-corrected chi connectivity index (χ0v) is 7.55. The van der Waals surface area contributed by atoms with Crippen molar-refractivity contribution in [3.8, 4) is 11.5 Å². The third-order valence-corrected chi connectivity index (χ3v) is 2.31. The summed E-state index contributed by atoms with van der Waals surface area (Å²) in [6.07, 6.45) is 0.771. The van der Waals surface area contributed by atoms with Crippen LogP contribution in [-0.4, -0.2) is 27.7 Å². The molecule has 1 saturated heterocycles. The van der Waals surface area contributed by atoms with Gasteiger partial charge in [-0.05, 0) is 30.5 Å². The lowest BCUT2D eigenvalue weighted by molar-refractivity contribution is 0.156. The molecule has 1 aromatic carbocycles. The van der Waals surface area contributed by atoms with Crippen LogP contribution in [0.25, 0.3) is 0 Å². The molecule has 1 heterocycles. The summed E-state index contributed by atoms with van der Waals surface area (Å²) < 4.78 is 4.84. The average Bonchev–Trinajstić information content (AvgIpc) is 2.85. The van der Waals surface area contributed by atoms with E-state index in [1.54, 1.807) is 6.07 Å². The minimum Gasteiger partial charge on any atom is -0.504 e. The molecule has 4 nitrogen and oxygen atoms in total. The molecule has 2 unspecified atom stereocenters. The molecule has 3 N–H and O–H groups in total. The van der Waals surface area contributed by atoms with Crippen molar-refractivity contribution in [2.45, 2.75) is 25.2 Å². The quantitative estimate of drug-likeness (QED) is 0.492. The molecule has 1 aliphatic heterocycles. The minimum atomic E-state index is -0.610. The summed E-state index contributed by atoms with van der Waals surface area (Å²) in [6, 6.07) is 4.71. The maximum absolute atomic E-state index is 9.20. The SMILES string of the molecule is Oc1ccc(CCC2OC2O)cc1O. The van der Waals surface area contributed by atoms with Crippen LogP contribution in [0, 0.1) is 0 Å². The first-order valence-electron chi connectivity index (χ1n) is 4.51. The van der Waals surface area contributed by atoms with Gasteiger partial charge in [-0.25, -0.2) is 0 Å². The highest BCUT2D eigenvalue weighted by molar-refractivity contribution is 5.40. The van der Waals surface area contributed by atoms with E-state index in [1.807, 2.05) is 0 Å². The molecule has 1 fully saturated rings. The molecular formula is C10H12O4. The summed E-state index contributed by atoms with van der Waals surface area (Å²) in [4.78, 5) is 0. The van der Waals surface area contributed by atoms with Crippen LogP contribution in [0.4, 0.5) is 0 Å². The van der Waals surface area contributed by atoms with Crippen LogP contribution >= 0.6 is 0 Å². The van der Waals surface area contributed by atoms with E-state index in [2.05, 4.69) is 0 Å². The van der Waals surface area contributed by atoms with Gasteiger partial charge in [0.05, 0.1) is 0 Å². The standard InChI is InChI=1S/C10H12O4/c11-7-3-1-6(5-8(7)12)2-4-9-10(13)14-9/h1,3,5,9-13H,2,4H2. The van der Waals surface area contributed by atoms with Gasteiger partial charge < -0.3 is 20.1 Å². The van der Waals surface area contributed by atoms with Crippen molar-refractivity contribution < 1.29 is 20.1 Å². The zero-order chi connectivity index (χ0) is 10.1. The number of phenolic OH excluding ortho intramolecular Hbond substituents is 2. The van der Waals surface area contributed by atoms with Crippen LogP contribution in [0.3, 0.4) is 0 Å². The summed E-state index contributed by atoms with van der Waals surface area (Å²) in [7, 11) is 0. The van der Waals surface area contributed by atoms with Gasteiger partial charge in [-0.2, -0.15) is 0 Å². The van der Waals surface area contributed by atoms with E-state index in [4.69, 9.17) is 14.9 Å². The molecule has 0 spiro atoms. The van der Waals surface area contributed by atoms with Gasteiger partial charge in [-0.1, -0.05) is 6.07 Å². The second-order valence-electron chi connectivity index (χ2n) is 3.43. The van der Waals surface area contributed by atoms with Gasteiger partial charge in [0.15, 0.2) is 17.8 Å². The second-order valence-corrected chi connectivity index (χ2v) is 3.43. The van der Waals surface area contributed by atoms with E-state index >= 15 is 0 Å². The first-order valence-corrected chi connectivity index (χ1v) is 4.51. The van der Waals surface area contributed by atoms with E-state index in [9.17, 15) is 5.11 Å². The zero-order valence-electron chi connectivity index (χ0n) is 7.55. The smallest absolute Gasteiger partial charge is 0.181 e. The van der Waals surface area contributed by atoms with Gasteiger partial charge >= 0.3 is 0 Å². The largest absolute Gasteiger partial charge is 0.504 e. The number of aromatic hydroxyl groups is 2. The summed E-state index contributed by atoms with van der Waals surface area (Å²) >= 11 is 0. The third kappa shape index (κ3) is 1.97. The van der Waals surface area contributed by atoms with Crippen molar-refractivity contribution >= 4 is 0 Å². The fourth-order valence-electron chi connectivity index (χ4n) is 1.38. The number of aryl methyl sites for hydroxylation is 1. The molecule has 14 heavy (non-hydrogen) atoms. The Labute approximate surface area is 81.4 Å². The fraction of sp³-hybridized carbons (Fsp3) is 0.400. The van der Waals surface area contributed by atoms with Crippen molar-refractivity contribution in [3.63, 3.8) is 0 Å². The Balaban J connectivity index is 1.92. The van der Waals surface area contributed by atoms with Crippen molar-refractivity contribution in [3.05, 3.63) is 23.8 Å². The number of hydrogen-bond donors (Lipinski definition) is 3. The third-order valence-electron chi connectivity index (χ3n) is 2.31. The minimum absolute atomic E-state index is 0.0639. The van der Waals surface area contributed by atoms with Crippen molar-refractivity contribution in [1.82, 2.24) is 0 Å². The molecule has 4 heteroatoms. The molecule has 2 atom stereocenters. The number of aliphatic hydroxyl groups is 1. The molecule has 0 amide bonds. The Bertz CT molecular complexity index is 337. The highest BCUT2D eigenvalue weighted by Gasteiger charge is 2.35. The number of benzene rings is 1. The number of aliphatic hydroxyl groups excluding tert-OH is 1. The maximum atomic E-state index is 9.20. The Morgan fingerprint density at radius 1 is 1.21 bits per heavy atom. The predicted molar refractivity (Wildman–Crippen MR) is 49.0 cm³/mol. The molecule has 0 saturated carbocycles. The molecule has 0 aromatic heterocycles. The molecule has 0 bridgehead atoms. The Hall–Kier alpha value is -1.26. The highest BCUT2D eigenvalue weighted by Crippen LogP contribution is 2.28. The summed E-state index contributed by atoms with van der Waals surface area (Å²) in [6.45, 7) is 0. The van der Waals surface area contributed by atoms with Gasteiger partial charge in [0.1, 0.15) is 6.10 Å². The van der Waals surface area contributed by atoms with Gasteiger partial charge in [0.2, 0.25) is 0 Å². The van der Waals surface area contributed by atoms with Crippen molar-refractivity contribution in [2.24, 2.45) is 0 Å². The van der Waals surface area contributed by atoms with E-state index in [0.29, 0.717) is 0 Å². The predicted octanol–water partition coefficient (Wildman–Crippen LogP) is 0.748. The molecule has 2 rings (SSSR count). The van der Waals surface area contributed by atoms with E-state index in [1.165, 1.54) is 12.1 Å². The number of phenols is 2. The lowest BCUT2D eigenvalue weighted by atomic mass is 10.1. The number of rotatable bonds is 3. The van der Waals surface area contributed by atoms with E-state index < -0.39 is 6.29 Å². The topological polar surface area (TPSA) is 73.2 Å². The molecule has 0 radical (unpaired) electrons. The Kier molecular flexibility index (Phi) is 2.31. The lowest BCUT2D eigenvalue weighted by Crippen LogP contribution is -1.95. The maximum Gasteiger partial charge on any atom is 0.181 e. The van der Waals surface area contributed by atoms with Crippen LogP contribution in [0.1, 0.15) is 12.0 Å². The van der Waals surface area contributed by atoms with Gasteiger partial charge in [-0.15, -0.1) is 0 Å². The number of ether oxygens (including phenoxy) is 1. The number of hydrogen-bond acceptors (Lipinski definition) is 4. The van der Waals surface area contributed by atoms with Gasteiger partial charge in [0, 0.05) is 0 Å². The monoisotopic (exact) mass is 196 g/mol. The Morgan fingerprint density at radius 3 is 2.50 bits per heavy atom. The summed E-state index contributed by atoms with van der Waals surface area (Å²) in [5.74, 6) is -0.226. The molecule has 76 valence electrons. The van der Waals surface area contributed by atoms with Gasteiger partial charge in [0.25, 0.3) is 0 Å². The average molecular weight is 196 g/mol. The van der Waals surface area contributed by atoms with E-state index in [-0.39, 0.29) is 17.6 Å². The molecular weight excluding hydrogens is 184 g/mol. The fourth-order valence-corrected chi connectivity index (χ4v) is 1.38. The van der Waals surface area contributed by atoms with Crippen molar-refractivity contribution in [2.75, 3.05) is 0 Å². The summed E-state index contributed by atoms with van der Waals surface area (Å²) in [5.41, 5.74) is 0.919. The van der Waals surface area contributed by atoms with E-state index in [0.717, 1.165) is 18.4 Å². The molecule has 0 aliphatic carbocycles. The first-order chi connectivity index (χ1) is 6.66. The van der Waals surface area contributed by atoms with Gasteiger partial charge in [-0.3, -0.25) is 0 Å². The Morgan fingerprint density at radius 2 is 1.93 bits per heavy atom. The lowest BCUT2D eigenvalue weighted by Gasteiger charge is -2.01. The normalized spacial score (nSPS) is 24.9. The van der Waals surface area contributed by atoms with Crippen LogP contribution in [-0.2, 0) is 11.2 Å². The van der Waals surface area contributed by atoms with Crippen LogP contribution < -0.4 is 0 Å².